The second-order valence-electron chi connectivity index (χ2n) is 7.07. The molecule has 1 aliphatic carbocycles. The summed E-state index contributed by atoms with van der Waals surface area (Å²) in [6, 6.07) is -1.09. The smallest absolute Gasteiger partial charge is 0.326 e. The normalized spacial score (nSPS) is 25.4. The Labute approximate surface area is 121 Å². The Morgan fingerprint density at radius 2 is 1.80 bits per heavy atom. The first-order valence-electron chi connectivity index (χ1n) is 7.50. The Balaban J connectivity index is 2.51. The minimum absolute atomic E-state index is 0.161. The highest BCUT2D eigenvalue weighted by atomic mass is 16.4. The molecule has 0 heterocycles. The van der Waals surface area contributed by atoms with E-state index in [1.807, 2.05) is 0 Å². The second-order valence-corrected chi connectivity index (χ2v) is 7.07. The molecule has 5 heteroatoms. The summed E-state index contributed by atoms with van der Waals surface area (Å²) in [6.45, 7) is 7.65. The van der Waals surface area contributed by atoms with Crippen molar-refractivity contribution in [3.05, 3.63) is 0 Å². The molecule has 0 radical (unpaired) electrons. The lowest BCUT2D eigenvalue weighted by Gasteiger charge is -2.28. The molecule has 2 amide bonds. The van der Waals surface area contributed by atoms with E-state index < -0.39 is 17.4 Å². The average molecular weight is 284 g/mol. The van der Waals surface area contributed by atoms with Crippen molar-refractivity contribution >= 4 is 12.0 Å². The number of nitrogens with one attached hydrogen (secondary N) is 2. The number of amides is 2. The third kappa shape index (κ3) is 5.39. The Morgan fingerprint density at radius 3 is 2.35 bits per heavy atom. The zero-order valence-electron chi connectivity index (χ0n) is 13.0. The number of aliphatic carboxylic acids is 1. The van der Waals surface area contributed by atoms with Crippen LogP contribution in [0, 0.1) is 11.3 Å². The van der Waals surface area contributed by atoms with E-state index >= 15 is 0 Å². The number of carboxylic acid groups (broad SMARTS) is 1. The van der Waals surface area contributed by atoms with Crippen LogP contribution in [-0.4, -0.2) is 29.2 Å². The molecule has 0 aromatic heterocycles. The van der Waals surface area contributed by atoms with Crippen molar-refractivity contribution in [2.24, 2.45) is 11.3 Å². The summed E-state index contributed by atoms with van der Waals surface area (Å²) in [4.78, 5) is 23.2. The van der Waals surface area contributed by atoms with E-state index in [9.17, 15) is 14.7 Å². The molecule has 0 saturated heterocycles. The highest BCUT2D eigenvalue weighted by Gasteiger charge is 2.33. The van der Waals surface area contributed by atoms with Crippen LogP contribution in [0.5, 0.6) is 0 Å². The zero-order chi connectivity index (χ0) is 15.3. The molecule has 1 aliphatic rings. The van der Waals surface area contributed by atoms with Crippen LogP contribution in [0.3, 0.4) is 0 Å². The van der Waals surface area contributed by atoms with Crippen molar-refractivity contribution < 1.29 is 14.7 Å². The fourth-order valence-corrected chi connectivity index (χ4v) is 2.64. The molecule has 1 fully saturated rings. The summed E-state index contributed by atoms with van der Waals surface area (Å²) < 4.78 is 0. The van der Waals surface area contributed by atoms with Crippen LogP contribution in [-0.2, 0) is 4.79 Å². The van der Waals surface area contributed by atoms with E-state index in [1.165, 1.54) is 6.42 Å². The first-order chi connectivity index (χ1) is 9.20. The van der Waals surface area contributed by atoms with Crippen LogP contribution >= 0.6 is 0 Å². The quantitative estimate of drug-likeness (QED) is 0.697. The van der Waals surface area contributed by atoms with Crippen molar-refractivity contribution in [2.75, 3.05) is 0 Å². The first-order valence-corrected chi connectivity index (χ1v) is 7.50. The number of hydrogen-bond donors (Lipinski definition) is 3. The molecule has 2 unspecified atom stereocenters. The topological polar surface area (TPSA) is 78.4 Å². The summed E-state index contributed by atoms with van der Waals surface area (Å²) in [5.41, 5.74) is -0.513. The SMILES string of the molecule is CC1CCCC(NC(=O)N[C@H](C(=O)O)C(C)(C)C)CC1. The van der Waals surface area contributed by atoms with Gasteiger partial charge in [-0.1, -0.05) is 40.5 Å². The zero-order valence-corrected chi connectivity index (χ0v) is 13.0. The lowest BCUT2D eigenvalue weighted by molar-refractivity contribution is -0.141. The van der Waals surface area contributed by atoms with Gasteiger partial charge in [0.15, 0.2) is 0 Å². The van der Waals surface area contributed by atoms with Crippen LogP contribution in [0.25, 0.3) is 0 Å². The van der Waals surface area contributed by atoms with Gasteiger partial charge in [-0.05, 0) is 30.6 Å². The maximum absolute atomic E-state index is 12.0. The molecule has 3 N–H and O–H groups in total. The van der Waals surface area contributed by atoms with Crippen molar-refractivity contribution in [2.45, 2.75) is 71.9 Å². The Hall–Kier alpha value is -1.26. The molecular weight excluding hydrogens is 256 g/mol. The van der Waals surface area contributed by atoms with Gasteiger partial charge in [-0.25, -0.2) is 9.59 Å². The van der Waals surface area contributed by atoms with E-state index in [4.69, 9.17) is 0 Å². The number of carbonyl (C=O) groups excluding carboxylic acids is 1. The third-order valence-corrected chi connectivity index (χ3v) is 3.98. The van der Waals surface area contributed by atoms with Gasteiger partial charge >= 0.3 is 12.0 Å². The lowest BCUT2D eigenvalue weighted by atomic mass is 9.87. The number of rotatable bonds is 3. The monoisotopic (exact) mass is 284 g/mol. The molecule has 116 valence electrons. The molecule has 0 spiro atoms. The van der Waals surface area contributed by atoms with Gasteiger partial charge in [0.1, 0.15) is 6.04 Å². The maximum Gasteiger partial charge on any atom is 0.326 e. The molecule has 20 heavy (non-hydrogen) atoms. The highest BCUT2D eigenvalue weighted by Crippen LogP contribution is 2.23. The van der Waals surface area contributed by atoms with Crippen LogP contribution in [0.4, 0.5) is 4.79 Å². The van der Waals surface area contributed by atoms with E-state index in [1.54, 1.807) is 20.8 Å². The van der Waals surface area contributed by atoms with E-state index in [-0.39, 0.29) is 12.1 Å². The van der Waals surface area contributed by atoms with Gasteiger partial charge in [0.25, 0.3) is 0 Å². The standard InChI is InChI=1S/C15H28N2O3/c1-10-6-5-7-11(9-8-10)16-14(20)17-12(13(18)19)15(2,3)4/h10-12H,5-9H2,1-4H3,(H,18,19)(H2,16,17,20)/t10?,11?,12-/m1/s1. The van der Waals surface area contributed by atoms with Crippen LogP contribution in [0.2, 0.25) is 0 Å². The number of urea groups is 1. The minimum atomic E-state index is -0.998. The molecule has 3 atom stereocenters. The summed E-state index contributed by atoms with van der Waals surface area (Å²) in [7, 11) is 0. The summed E-state index contributed by atoms with van der Waals surface area (Å²) in [5, 5.41) is 14.7. The predicted octanol–water partition coefficient (Wildman–Crippen LogP) is 2.75. The van der Waals surface area contributed by atoms with Gasteiger partial charge in [-0.15, -0.1) is 0 Å². The van der Waals surface area contributed by atoms with Crippen molar-refractivity contribution in [1.82, 2.24) is 10.6 Å². The molecule has 1 saturated carbocycles. The fraction of sp³-hybridized carbons (Fsp3) is 0.867. The molecule has 0 aromatic rings. The van der Waals surface area contributed by atoms with Crippen molar-refractivity contribution in [1.29, 1.82) is 0 Å². The largest absolute Gasteiger partial charge is 0.480 e. The van der Waals surface area contributed by atoms with Crippen molar-refractivity contribution in [3.8, 4) is 0 Å². The average Bonchev–Trinajstić information content (AvgIpc) is 2.49. The van der Waals surface area contributed by atoms with Gasteiger partial charge < -0.3 is 15.7 Å². The molecular formula is C15H28N2O3. The van der Waals surface area contributed by atoms with Crippen LogP contribution in [0.15, 0.2) is 0 Å². The first kappa shape index (κ1) is 16.8. The third-order valence-electron chi connectivity index (χ3n) is 3.98. The summed E-state index contributed by atoms with van der Waals surface area (Å²) >= 11 is 0. The summed E-state index contributed by atoms with van der Waals surface area (Å²) in [5.74, 6) is -0.284. The van der Waals surface area contributed by atoms with E-state index in [2.05, 4.69) is 17.6 Å². The van der Waals surface area contributed by atoms with Gasteiger partial charge in [0.2, 0.25) is 0 Å². The van der Waals surface area contributed by atoms with Crippen LogP contribution in [0.1, 0.15) is 59.8 Å². The molecule has 0 aromatic carbocycles. The Kier molecular flexibility index (Phi) is 5.84. The number of carbonyl (C=O) groups is 2. The summed E-state index contributed by atoms with van der Waals surface area (Å²) in [6.07, 6.45) is 5.40. The lowest BCUT2D eigenvalue weighted by Crippen LogP contribution is -2.53. The van der Waals surface area contributed by atoms with Gasteiger partial charge in [0, 0.05) is 6.04 Å². The van der Waals surface area contributed by atoms with E-state index in [0.29, 0.717) is 5.92 Å². The van der Waals surface area contributed by atoms with Gasteiger partial charge in [-0.2, -0.15) is 0 Å². The van der Waals surface area contributed by atoms with Crippen LogP contribution < -0.4 is 10.6 Å². The molecule has 0 bridgehead atoms. The fourth-order valence-electron chi connectivity index (χ4n) is 2.64. The van der Waals surface area contributed by atoms with Crippen molar-refractivity contribution in [3.63, 3.8) is 0 Å². The minimum Gasteiger partial charge on any atom is -0.480 e. The number of carboxylic acids is 1. The predicted molar refractivity (Wildman–Crippen MR) is 78.6 cm³/mol. The molecule has 0 aliphatic heterocycles. The molecule has 5 nitrogen and oxygen atoms in total. The number of hydrogen-bond acceptors (Lipinski definition) is 2. The highest BCUT2D eigenvalue weighted by molar-refractivity contribution is 5.83. The Morgan fingerprint density at radius 1 is 1.15 bits per heavy atom. The second kappa shape index (κ2) is 6.95. The van der Waals surface area contributed by atoms with Gasteiger partial charge in [-0.3, -0.25) is 0 Å². The van der Waals surface area contributed by atoms with Gasteiger partial charge in [0.05, 0.1) is 0 Å². The molecule has 1 rings (SSSR count). The van der Waals surface area contributed by atoms with E-state index in [0.717, 1.165) is 25.7 Å². The maximum atomic E-state index is 12.0. The Bertz CT molecular complexity index is 350.